The summed E-state index contributed by atoms with van der Waals surface area (Å²) in [6.07, 6.45) is 7.92. The number of carbonyl (C=O) groups is 1. The lowest BCUT2D eigenvalue weighted by molar-refractivity contribution is 0.0835. The molecule has 1 saturated heterocycles. The summed E-state index contributed by atoms with van der Waals surface area (Å²) in [6, 6.07) is 9.08. The number of carbonyl (C=O) groups excluding carboxylic acids is 1. The van der Waals surface area contributed by atoms with Crippen molar-refractivity contribution in [3.63, 3.8) is 0 Å². The van der Waals surface area contributed by atoms with E-state index in [0.29, 0.717) is 11.0 Å². The summed E-state index contributed by atoms with van der Waals surface area (Å²) >= 11 is 6.08. The second-order valence-electron chi connectivity index (χ2n) is 10.7. The van der Waals surface area contributed by atoms with Crippen LogP contribution in [0.5, 0.6) is 0 Å². The molecule has 1 N–H and O–H groups in total. The molecule has 3 aliphatic rings. The van der Waals surface area contributed by atoms with Crippen LogP contribution < -0.4 is 10.2 Å². The quantitative estimate of drug-likeness (QED) is 0.465. The fourth-order valence-corrected chi connectivity index (χ4v) is 7.39. The van der Waals surface area contributed by atoms with Crippen LogP contribution >= 0.6 is 11.6 Å². The average molecular weight is 532 g/mol. The maximum atomic E-state index is 12.7. The molecule has 0 unspecified atom stereocenters. The Hall–Kier alpha value is -2.52. The number of benzene rings is 1. The highest BCUT2D eigenvalue weighted by atomic mass is 35.5. The van der Waals surface area contributed by atoms with Crippen LogP contribution in [0, 0.1) is 11.3 Å². The van der Waals surface area contributed by atoms with Gasteiger partial charge in [-0.1, -0.05) is 11.6 Å². The molecular weight excluding hydrogens is 502 g/mol. The number of piperidine rings is 1. The zero-order valence-corrected chi connectivity index (χ0v) is 21.6. The van der Waals surface area contributed by atoms with E-state index in [1.165, 1.54) is 12.1 Å². The normalized spacial score (nSPS) is 20.8. The molecule has 192 valence electrons. The van der Waals surface area contributed by atoms with Crippen LogP contribution in [0.1, 0.15) is 61.9 Å². The first-order chi connectivity index (χ1) is 17.3. The Balaban J connectivity index is 1.01. The molecule has 1 amide bonds. The van der Waals surface area contributed by atoms with Crippen molar-refractivity contribution in [2.75, 3.05) is 23.7 Å². The minimum Gasteiger partial charge on any atom is -0.440 e. The third kappa shape index (κ3) is 4.87. The number of nitrogens with zero attached hydrogens (tertiary/aromatic N) is 2. The van der Waals surface area contributed by atoms with Crippen molar-refractivity contribution in [1.82, 2.24) is 10.3 Å². The SMILES string of the molecule is O=C(NC1CCC2(CC1)CCN(c1nc3cc(Cl)ccc3o1)CC2)c1ccc(S(=O)(=O)CC2CC2)o1. The Morgan fingerprint density at radius 3 is 2.53 bits per heavy atom. The number of hydrogen-bond acceptors (Lipinski definition) is 7. The lowest BCUT2D eigenvalue weighted by Crippen LogP contribution is -2.45. The van der Waals surface area contributed by atoms with E-state index >= 15 is 0 Å². The molecule has 2 saturated carbocycles. The minimum absolute atomic E-state index is 0.0672. The van der Waals surface area contributed by atoms with Crippen LogP contribution in [0.4, 0.5) is 6.01 Å². The molecule has 8 nitrogen and oxygen atoms in total. The first-order valence-corrected chi connectivity index (χ1v) is 14.8. The Labute approximate surface area is 215 Å². The third-order valence-electron chi connectivity index (χ3n) is 8.08. The number of fused-ring (bicyclic) bond motifs is 1. The van der Waals surface area contributed by atoms with Crippen molar-refractivity contribution in [3.8, 4) is 0 Å². The van der Waals surface area contributed by atoms with Crippen molar-refractivity contribution in [3.05, 3.63) is 41.1 Å². The zero-order chi connectivity index (χ0) is 24.9. The van der Waals surface area contributed by atoms with Crippen molar-refractivity contribution >= 4 is 44.5 Å². The number of anilines is 1. The number of furan rings is 1. The minimum atomic E-state index is -3.46. The van der Waals surface area contributed by atoms with Crippen LogP contribution in [0.25, 0.3) is 11.1 Å². The number of sulfone groups is 1. The van der Waals surface area contributed by atoms with Gasteiger partial charge in [-0.25, -0.2) is 8.42 Å². The van der Waals surface area contributed by atoms with Gasteiger partial charge in [-0.15, -0.1) is 0 Å². The van der Waals surface area contributed by atoms with Gasteiger partial charge in [0.1, 0.15) is 5.52 Å². The maximum absolute atomic E-state index is 12.7. The molecule has 2 aromatic heterocycles. The molecule has 3 heterocycles. The monoisotopic (exact) mass is 531 g/mol. The lowest BCUT2D eigenvalue weighted by atomic mass is 9.67. The molecule has 36 heavy (non-hydrogen) atoms. The number of halogens is 1. The summed E-state index contributed by atoms with van der Waals surface area (Å²) in [4.78, 5) is 19.5. The highest BCUT2D eigenvalue weighted by Crippen LogP contribution is 2.45. The number of nitrogens with one attached hydrogen (secondary N) is 1. The predicted octanol–water partition coefficient (Wildman–Crippen LogP) is 5.22. The van der Waals surface area contributed by atoms with Gasteiger partial charge in [0.15, 0.2) is 11.3 Å². The number of amides is 1. The van der Waals surface area contributed by atoms with Crippen molar-refractivity contribution in [2.45, 2.75) is 62.5 Å². The van der Waals surface area contributed by atoms with E-state index in [1.807, 2.05) is 18.2 Å². The summed E-state index contributed by atoms with van der Waals surface area (Å²) < 4.78 is 36.2. The Kier molecular flexibility index (Phi) is 6.03. The van der Waals surface area contributed by atoms with E-state index in [4.69, 9.17) is 20.4 Å². The molecule has 3 aromatic rings. The average Bonchev–Trinajstić information content (AvgIpc) is 3.33. The van der Waals surface area contributed by atoms with Crippen molar-refractivity contribution < 1.29 is 22.0 Å². The molecule has 0 bridgehead atoms. The van der Waals surface area contributed by atoms with Gasteiger partial charge in [0, 0.05) is 24.2 Å². The van der Waals surface area contributed by atoms with Gasteiger partial charge < -0.3 is 19.1 Å². The van der Waals surface area contributed by atoms with Crippen molar-refractivity contribution in [2.24, 2.45) is 11.3 Å². The van der Waals surface area contributed by atoms with E-state index < -0.39 is 9.84 Å². The fraction of sp³-hybridized carbons (Fsp3) is 0.538. The van der Waals surface area contributed by atoms with Crippen LogP contribution in [0.15, 0.2) is 44.3 Å². The molecule has 10 heteroatoms. The molecule has 2 aliphatic carbocycles. The topological polar surface area (TPSA) is 106 Å². The van der Waals surface area contributed by atoms with Crippen LogP contribution in [-0.4, -0.2) is 44.2 Å². The highest BCUT2D eigenvalue weighted by molar-refractivity contribution is 7.91. The van der Waals surface area contributed by atoms with Crippen LogP contribution in [-0.2, 0) is 9.84 Å². The summed E-state index contributed by atoms with van der Waals surface area (Å²) in [7, 11) is -3.46. The Morgan fingerprint density at radius 1 is 1.06 bits per heavy atom. The Morgan fingerprint density at radius 2 is 1.81 bits per heavy atom. The largest absolute Gasteiger partial charge is 0.440 e. The van der Waals surface area contributed by atoms with E-state index in [1.54, 1.807) is 0 Å². The first-order valence-electron chi connectivity index (χ1n) is 12.7. The molecule has 1 spiro atoms. The lowest BCUT2D eigenvalue weighted by Gasteiger charge is -2.45. The second kappa shape index (κ2) is 9.10. The van der Waals surface area contributed by atoms with Gasteiger partial charge in [-0.2, -0.15) is 4.98 Å². The predicted molar refractivity (Wildman–Crippen MR) is 136 cm³/mol. The molecular formula is C26H30ClN3O5S. The summed E-state index contributed by atoms with van der Waals surface area (Å²) in [6.45, 7) is 1.78. The first kappa shape index (κ1) is 23.9. The zero-order valence-electron chi connectivity index (χ0n) is 20.0. The highest BCUT2D eigenvalue weighted by Gasteiger charge is 2.39. The molecule has 1 aromatic carbocycles. The van der Waals surface area contributed by atoms with E-state index in [0.717, 1.165) is 75.6 Å². The van der Waals surface area contributed by atoms with Crippen molar-refractivity contribution in [1.29, 1.82) is 0 Å². The second-order valence-corrected chi connectivity index (χ2v) is 13.1. The number of hydrogen-bond donors (Lipinski definition) is 1. The summed E-state index contributed by atoms with van der Waals surface area (Å²) in [5, 5.41) is 3.60. The number of aromatic nitrogens is 1. The molecule has 0 radical (unpaired) electrons. The van der Waals surface area contributed by atoms with Gasteiger partial charge >= 0.3 is 0 Å². The van der Waals surface area contributed by atoms with Crippen LogP contribution in [0.3, 0.4) is 0 Å². The van der Waals surface area contributed by atoms with Gasteiger partial charge in [0.05, 0.1) is 5.75 Å². The molecule has 1 aliphatic heterocycles. The van der Waals surface area contributed by atoms with Gasteiger partial charge in [-0.05, 0) is 93.0 Å². The molecule has 3 fully saturated rings. The number of rotatable bonds is 6. The smallest absolute Gasteiger partial charge is 0.298 e. The third-order valence-corrected chi connectivity index (χ3v) is 10.1. The standard InChI is InChI=1S/C26H30ClN3O5S/c27-18-3-4-21-20(15-18)29-25(35-21)30-13-11-26(12-14-30)9-7-19(8-10-26)28-24(31)22-5-6-23(34-22)36(32,33)16-17-1-2-17/h3-6,15,17,19H,1-2,7-14,16H2,(H,28,31). The fourth-order valence-electron chi connectivity index (χ4n) is 5.61. The van der Waals surface area contributed by atoms with Gasteiger partial charge in [-0.3, -0.25) is 4.79 Å². The van der Waals surface area contributed by atoms with Gasteiger partial charge in [0.25, 0.3) is 11.9 Å². The van der Waals surface area contributed by atoms with Crippen LogP contribution in [0.2, 0.25) is 5.02 Å². The Bertz CT molecular complexity index is 1380. The van der Waals surface area contributed by atoms with E-state index in [2.05, 4.69) is 15.2 Å². The summed E-state index contributed by atoms with van der Waals surface area (Å²) in [5.41, 5.74) is 1.80. The summed E-state index contributed by atoms with van der Waals surface area (Å²) in [5.74, 6) is 0.0601. The molecule has 6 rings (SSSR count). The van der Waals surface area contributed by atoms with E-state index in [9.17, 15) is 13.2 Å². The molecule has 0 atom stereocenters. The van der Waals surface area contributed by atoms with E-state index in [-0.39, 0.29) is 39.9 Å². The number of oxazole rings is 1. The van der Waals surface area contributed by atoms with Gasteiger partial charge in [0.2, 0.25) is 14.9 Å². The maximum Gasteiger partial charge on any atom is 0.298 e.